The summed E-state index contributed by atoms with van der Waals surface area (Å²) < 4.78 is 27.1. The number of carbonyl (C=O) groups is 2. The van der Waals surface area contributed by atoms with Crippen molar-refractivity contribution in [3.05, 3.63) is 35.4 Å². The van der Waals surface area contributed by atoms with Crippen LogP contribution in [0.3, 0.4) is 0 Å². The number of hydrogen-bond donors (Lipinski definition) is 3. The highest BCUT2D eigenvalue weighted by atomic mass is 19.3. The van der Waals surface area contributed by atoms with Crippen molar-refractivity contribution >= 4 is 12.0 Å². The van der Waals surface area contributed by atoms with Crippen LogP contribution >= 0.6 is 0 Å². The van der Waals surface area contributed by atoms with E-state index in [2.05, 4.69) is 10.6 Å². The second-order valence-electron chi connectivity index (χ2n) is 6.24. The van der Waals surface area contributed by atoms with Gasteiger partial charge in [-0.3, -0.25) is 0 Å². The van der Waals surface area contributed by atoms with E-state index in [1.165, 1.54) is 12.1 Å². The molecule has 1 unspecified atom stereocenters. The first-order valence-corrected chi connectivity index (χ1v) is 8.07. The van der Waals surface area contributed by atoms with Gasteiger partial charge >= 0.3 is 12.0 Å². The molecule has 2 rings (SSSR count). The molecule has 0 saturated heterocycles. The summed E-state index contributed by atoms with van der Waals surface area (Å²) in [6.45, 7) is 0.478. The smallest absolute Gasteiger partial charge is 0.335 e. The molecule has 0 spiro atoms. The van der Waals surface area contributed by atoms with Gasteiger partial charge in [-0.2, -0.15) is 0 Å². The summed E-state index contributed by atoms with van der Waals surface area (Å²) in [6, 6.07) is 5.76. The van der Waals surface area contributed by atoms with Gasteiger partial charge in [0.15, 0.2) is 0 Å². The van der Waals surface area contributed by atoms with Crippen LogP contribution in [0.5, 0.6) is 0 Å². The van der Waals surface area contributed by atoms with Crippen LogP contribution in [0.1, 0.15) is 48.0 Å². The van der Waals surface area contributed by atoms with Crippen LogP contribution in [0, 0.1) is 5.92 Å². The average molecular weight is 340 g/mol. The lowest BCUT2D eigenvalue weighted by atomic mass is 9.99. The Hall–Kier alpha value is -2.18. The highest BCUT2D eigenvalue weighted by molar-refractivity contribution is 5.87. The Morgan fingerprint density at radius 1 is 1.17 bits per heavy atom. The second kappa shape index (κ2) is 8.08. The zero-order valence-electron chi connectivity index (χ0n) is 13.4. The van der Waals surface area contributed by atoms with Crippen molar-refractivity contribution < 1.29 is 23.5 Å². The largest absolute Gasteiger partial charge is 0.478 e. The van der Waals surface area contributed by atoms with Crippen LogP contribution in [-0.4, -0.2) is 29.6 Å². The predicted molar refractivity (Wildman–Crippen MR) is 85.2 cm³/mol. The Labute approximate surface area is 139 Å². The van der Waals surface area contributed by atoms with Crippen LogP contribution in [0.25, 0.3) is 0 Å². The maximum atomic E-state index is 13.5. The van der Waals surface area contributed by atoms with E-state index in [1.807, 2.05) is 0 Å². The van der Waals surface area contributed by atoms with Crippen LogP contribution < -0.4 is 10.6 Å². The third-order valence-corrected chi connectivity index (χ3v) is 4.20. The number of carbonyl (C=O) groups excluding carboxylic acids is 1. The summed E-state index contributed by atoms with van der Waals surface area (Å²) in [5.41, 5.74) is 0.939. The number of urea groups is 1. The fourth-order valence-electron chi connectivity index (χ4n) is 2.86. The Balaban J connectivity index is 1.74. The van der Waals surface area contributed by atoms with Crippen molar-refractivity contribution in [2.75, 3.05) is 6.54 Å². The number of amides is 2. The molecule has 1 aromatic carbocycles. The van der Waals surface area contributed by atoms with Gasteiger partial charge in [-0.05, 0) is 36.5 Å². The molecule has 7 heteroatoms. The topological polar surface area (TPSA) is 78.4 Å². The molecule has 0 heterocycles. The molecule has 1 fully saturated rings. The molecule has 132 valence electrons. The molecule has 0 radical (unpaired) electrons. The summed E-state index contributed by atoms with van der Waals surface area (Å²) in [4.78, 5) is 22.5. The maximum absolute atomic E-state index is 13.5. The van der Waals surface area contributed by atoms with Gasteiger partial charge in [0, 0.05) is 25.9 Å². The van der Waals surface area contributed by atoms with E-state index >= 15 is 0 Å². The minimum Gasteiger partial charge on any atom is -0.478 e. The Bertz CT molecular complexity index is 576. The number of halogens is 2. The van der Waals surface area contributed by atoms with Gasteiger partial charge in [0.1, 0.15) is 0 Å². The fraction of sp³-hybridized carbons (Fsp3) is 0.529. The maximum Gasteiger partial charge on any atom is 0.335 e. The van der Waals surface area contributed by atoms with Crippen molar-refractivity contribution in [1.82, 2.24) is 10.6 Å². The Kier molecular flexibility index (Phi) is 6.11. The molecule has 1 aliphatic carbocycles. The zero-order valence-corrected chi connectivity index (χ0v) is 13.4. The van der Waals surface area contributed by atoms with Crippen LogP contribution in [0.15, 0.2) is 24.3 Å². The summed E-state index contributed by atoms with van der Waals surface area (Å²) in [5, 5.41) is 14.1. The van der Waals surface area contributed by atoms with Gasteiger partial charge in [0.25, 0.3) is 0 Å². The number of alkyl halides is 2. The van der Waals surface area contributed by atoms with E-state index in [4.69, 9.17) is 5.11 Å². The predicted octanol–water partition coefficient (Wildman–Crippen LogP) is 3.40. The van der Waals surface area contributed by atoms with Crippen LogP contribution in [0.4, 0.5) is 13.6 Å². The molecule has 2 amide bonds. The molecular formula is C17H22F2N2O3. The SMILES string of the molecule is O=C(NCc1ccc(C(=O)O)cc1)NCC1CCCCC(F)(F)C1. The normalized spacial score (nSPS) is 20.0. The minimum absolute atomic E-state index is 0.0674. The van der Waals surface area contributed by atoms with E-state index in [0.29, 0.717) is 12.8 Å². The third kappa shape index (κ3) is 5.79. The van der Waals surface area contributed by atoms with Gasteiger partial charge in [-0.25, -0.2) is 18.4 Å². The molecule has 24 heavy (non-hydrogen) atoms. The average Bonchev–Trinajstić information content (AvgIpc) is 2.71. The summed E-state index contributed by atoms with van der Waals surface area (Å²) in [5.74, 6) is -3.85. The van der Waals surface area contributed by atoms with Crippen molar-refractivity contribution in [3.8, 4) is 0 Å². The third-order valence-electron chi connectivity index (χ3n) is 4.20. The van der Waals surface area contributed by atoms with Crippen molar-refractivity contribution in [2.24, 2.45) is 5.92 Å². The first-order chi connectivity index (χ1) is 11.4. The fourth-order valence-corrected chi connectivity index (χ4v) is 2.86. The molecule has 0 bridgehead atoms. The highest BCUT2D eigenvalue weighted by Crippen LogP contribution is 2.34. The molecule has 1 aliphatic rings. The summed E-state index contributed by atoms with van der Waals surface area (Å²) >= 11 is 0. The van der Waals surface area contributed by atoms with E-state index in [-0.39, 0.29) is 37.4 Å². The number of aromatic carboxylic acids is 1. The zero-order chi connectivity index (χ0) is 17.6. The minimum atomic E-state index is -2.63. The van der Waals surface area contributed by atoms with E-state index in [1.54, 1.807) is 12.1 Å². The molecule has 5 nitrogen and oxygen atoms in total. The van der Waals surface area contributed by atoms with Gasteiger partial charge in [-0.1, -0.05) is 18.6 Å². The number of carboxylic acid groups (broad SMARTS) is 1. The van der Waals surface area contributed by atoms with Crippen molar-refractivity contribution in [3.63, 3.8) is 0 Å². The van der Waals surface area contributed by atoms with E-state index < -0.39 is 17.9 Å². The molecule has 1 atom stereocenters. The Morgan fingerprint density at radius 2 is 1.88 bits per heavy atom. The lowest BCUT2D eigenvalue weighted by Gasteiger charge is -2.20. The van der Waals surface area contributed by atoms with Crippen LogP contribution in [-0.2, 0) is 6.54 Å². The standard InChI is InChI=1S/C17H22F2N2O3/c18-17(19)8-2-1-3-13(9-17)11-21-16(24)20-10-12-4-6-14(7-5-12)15(22)23/h4-7,13H,1-3,8-11H2,(H,22,23)(H2,20,21,24). The number of hydrogen-bond acceptors (Lipinski definition) is 2. The van der Waals surface area contributed by atoms with Crippen molar-refractivity contribution in [2.45, 2.75) is 44.6 Å². The van der Waals surface area contributed by atoms with Crippen LogP contribution in [0.2, 0.25) is 0 Å². The molecule has 0 aromatic heterocycles. The molecule has 0 aliphatic heterocycles. The lowest BCUT2D eigenvalue weighted by Crippen LogP contribution is -2.38. The van der Waals surface area contributed by atoms with Gasteiger partial charge in [0.2, 0.25) is 5.92 Å². The molecule has 1 saturated carbocycles. The number of rotatable bonds is 5. The molecule has 1 aromatic rings. The van der Waals surface area contributed by atoms with Gasteiger partial charge in [0.05, 0.1) is 5.56 Å². The first kappa shape index (κ1) is 18.2. The monoisotopic (exact) mass is 340 g/mol. The second-order valence-corrected chi connectivity index (χ2v) is 6.24. The highest BCUT2D eigenvalue weighted by Gasteiger charge is 2.34. The molecular weight excluding hydrogens is 318 g/mol. The van der Waals surface area contributed by atoms with E-state index in [9.17, 15) is 18.4 Å². The quantitative estimate of drug-likeness (QED) is 0.719. The summed E-state index contributed by atoms with van der Waals surface area (Å²) in [7, 11) is 0. The van der Waals surface area contributed by atoms with E-state index in [0.717, 1.165) is 12.0 Å². The first-order valence-electron chi connectivity index (χ1n) is 8.07. The van der Waals surface area contributed by atoms with Gasteiger partial charge < -0.3 is 15.7 Å². The van der Waals surface area contributed by atoms with Crippen molar-refractivity contribution in [1.29, 1.82) is 0 Å². The van der Waals surface area contributed by atoms with Gasteiger partial charge in [-0.15, -0.1) is 0 Å². The summed E-state index contributed by atoms with van der Waals surface area (Å²) in [6.07, 6.45) is 1.75. The lowest BCUT2D eigenvalue weighted by molar-refractivity contribution is -0.0247. The number of benzene rings is 1. The Morgan fingerprint density at radius 3 is 2.54 bits per heavy atom. The molecule has 3 N–H and O–H groups in total. The number of carboxylic acids is 1. The number of nitrogens with one attached hydrogen (secondary N) is 2.